The van der Waals surface area contributed by atoms with Crippen LogP contribution >= 0.6 is 0 Å². The summed E-state index contributed by atoms with van der Waals surface area (Å²) in [6.07, 6.45) is 1.25. The zero-order valence-corrected chi connectivity index (χ0v) is 7.41. The number of aromatic amines is 1. The van der Waals surface area contributed by atoms with Crippen molar-refractivity contribution in [3.63, 3.8) is 0 Å². The van der Waals surface area contributed by atoms with Gasteiger partial charge in [0.05, 0.1) is 0 Å². The number of nitrogens with one attached hydrogen (secondary N) is 1. The van der Waals surface area contributed by atoms with E-state index in [0.717, 1.165) is 11.0 Å². The molecule has 2 rings (SSSR count). The van der Waals surface area contributed by atoms with Gasteiger partial charge in [0, 0.05) is 1.43 Å². The predicted octanol–water partition coefficient (Wildman–Crippen LogP) is 2.62. The number of aromatic nitrogens is 3. The summed E-state index contributed by atoms with van der Waals surface area (Å²) in [7, 11) is 0. The number of benzene rings is 1. The van der Waals surface area contributed by atoms with Crippen molar-refractivity contribution in [1.29, 1.82) is 0 Å². The maximum absolute atomic E-state index is 3.88. The highest BCUT2D eigenvalue weighted by Gasteiger charge is 1.90. The molecule has 12 heavy (non-hydrogen) atoms. The van der Waals surface area contributed by atoms with E-state index < -0.39 is 0 Å². The second-order valence-electron chi connectivity index (χ2n) is 2.52. The number of H-pyrrole nitrogens is 1. The second kappa shape index (κ2) is 4.49. The summed E-state index contributed by atoms with van der Waals surface area (Å²) < 4.78 is 0. The molecule has 2 aromatic rings. The van der Waals surface area contributed by atoms with Crippen molar-refractivity contribution >= 4 is 11.0 Å². The highest BCUT2D eigenvalue weighted by molar-refractivity contribution is 5.72. The first-order valence-electron chi connectivity index (χ1n) is 4.14. The SMILES string of the molecule is CCC.[HH].c1ccc2n[nH]nc2c1. The van der Waals surface area contributed by atoms with Crippen molar-refractivity contribution in [2.75, 3.05) is 0 Å². The Bertz CT molecular complexity index is 302. The number of rotatable bonds is 0. The monoisotopic (exact) mass is 165 g/mol. The van der Waals surface area contributed by atoms with Crippen molar-refractivity contribution in [3.05, 3.63) is 24.3 Å². The van der Waals surface area contributed by atoms with Crippen LogP contribution in [0.25, 0.3) is 11.0 Å². The average Bonchev–Trinajstić information content (AvgIpc) is 2.52. The lowest BCUT2D eigenvalue weighted by Gasteiger charge is -1.78. The zero-order chi connectivity index (χ0) is 8.81. The van der Waals surface area contributed by atoms with Gasteiger partial charge in [0.2, 0.25) is 0 Å². The Morgan fingerprint density at radius 1 is 1.17 bits per heavy atom. The van der Waals surface area contributed by atoms with Crippen LogP contribution in [-0.4, -0.2) is 15.4 Å². The molecule has 0 aliphatic heterocycles. The summed E-state index contributed by atoms with van der Waals surface area (Å²) in [6.45, 7) is 4.25. The average molecular weight is 165 g/mol. The first kappa shape index (κ1) is 8.71. The molecule has 0 spiro atoms. The molecule has 1 aromatic heterocycles. The molecule has 0 radical (unpaired) electrons. The van der Waals surface area contributed by atoms with Crippen LogP contribution in [0.4, 0.5) is 0 Å². The number of hydrogen-bond donors (Lipinski definition) is 1. The molecule has 0 aliphatic rings. The fourth-order valence-electron chi connectivity index (χ4n) is 0.786. The van der Waals surface area contributed by atoms with Crippen molar-refractivity contribution in [3.8, 4) is 0 Å². The van der Waals surface area contributed by atoms with Crippen LogP contribution in [0.3, 0.4) is 0 Å². The summed E-state index contributed by atoms with van der Waals surface area (Å²) in [5.74, 6) is 0. The first-order valence-corrected chi connectivity index (χ1v) is 4.14. The molecule has 1 N–H and O–H groups in total. The lowest BCUT2D eigenvalue weighted by atomic mass is 10.3. The van der Waals surface area contributed by atoms with Crippen LogP contribution in [0.5, 0.6) is 0 Å². The van der Waals surface area contributed by atoms with Gasteiger partial charge >= 0.3 is 0 Å². The molecule has 0 saturated heterocycles. The lowest BCUT2D eigenvalue weighted by molar-refractivity contribution is 0.959. The molecule has 0 atom stereocenters. The van der Waals surface area contributed by atoms with Crippen LogP contribution in [0, 0.1) is 0 Å². The number of para-hydroxylation sites is 2. The van der Waals surface area contributed by atoms with E-state index in [1.807, 2.05) is 24.3 Å². The molecule has 0 bridgehead atoms. The third-order valence-electron chi connectivity index (χ3n) is 1.22. The van der Waals surface area contributed by atoms with Crippen molar-refractivity contribution < 1.29 is 1.43 Å². The third-order valence-corrected chi connectivity index (χ3v) is 1.22. The molecule has 0 saturated carbocycles. The third kappa shape index (κ3) is 2.05. The fourth-order valence-corrected chi connectivity index (χ4v) is 0.786. The summed E-state index contributed by atoms with van der Waals surface area (Å²) in [6, 6.07) is 7.70. The highest BCUT2D eigenvalue weighted by Crippen LogP contribution is 2.03. The topological polar surface area (TPSA) is 41.6 Å². The van der Waals surface area contributed by atoms with Crippen LogP contribution in [0.15, 0.2) is 24.3 Å². The van der Waals surface area contributed by atoms with E-state index in [9.17, 15) is 0 Å². The van der Waals surface area contributed by atoms with Crippen LogP contribution in [0.2, 0.25) is 0 Å². The summed E-state index contributed by atoms with van der Waals surface area (Å²) in [5.41, 5.74) is 1.83. The smallest absolute Gasteiger partial charge is 0.112 e. The molecular formula is C9H15N3. The van der Waals surface area contributed by atoms with E-state index in [2.05, 4.69) is 29.3 Å². The minimum absolute atomic E-state index is 0. The molecule has 0 fully saturated rings. The molecule has 1 heterocycles. The van der Waals surface area contributed by atoms with E-state index in [4.69, 9.17) is 0 Å². The number of fused-ring (bicyclic) bond motifs is 1. The molecule has 66 valence electrons. The first-order chi connectivity index (χ1) is 5.88. The molecule has 0 unspecified atom stereocenters. The Morgan fingerprint density at radius 2 is 1.58 bits per heavy atom. The minimum Gasteiger partial charge on any atom is -0.197 e. The normalized spacial score (nSPS) is 9.17. The lowest BCUT2D eigenvalue weighted by Crippen LogP contribution is -1.63. The van der Waals surface area contributed by atoms with Gasteiger partial charge in [0.15, 0.2) is 0 Å². The van der Waals surface area contributed by atoms with Gasteiger partial charge in [-0.3, -0.25) is 0 Å². The maximum Gasteiger partial charge on any atom is 0.112 e. The van der Waals surface area contributed by atoms with Gasteiger partial charge in [0.25, 0.3) is 0 Å². The molecule has 3 heteroatoms. The van der Waals surface area contributed by atoms with Crippen LogP contribution in [-0.2, 0) is 0 Å². The summed E-state index contributed by atoms with van der Waals surface area (Å²) >= 11 is 0. The van der Waals surface area contributed by atoms with E-state index in [1.54, 1.807) is 0 Å². The summed E-state index contributed by atoms with van der Waals surface area (Å²) in [4.78, 5) is 0. The molecule has 0 amide bonds. The van der Waals surface area contributed by atoms with Crippen LogP contribution < -0.4 is 0 Å². The Balaban J connectivity index is 0.000000324. The van der Waals surface area contributed by atoms with Gasteiger partial charge in [-0.05, 0) is 12.1 Å². The van der Waals surface area contributed by atoms with Crippen molar-refractivity contribution in [1.82, 2.24) is 15.4 Å². The predicted molar refractivity (Wildman–Crippen MR) is 52.0 cm³/mol. The second-order valence-corrected chi connectivity index (χ2v) is 2.52. The van der Waals surface area contributed by atoms with E-state index in [0.29, 0.717) is 0 Å². The van der Waals surface area contributed by atoms with Crippen molar-refractivity contribution in [2.24, 2.45) is 0 Å². The van der Waals surface area contributed by atoms with E-state index in [-0.39, 0.29) is 1.43 Å². The van der Waals surface area contributed by atoms with Gasteiger partial charge in [-0.15, -0.1) is 0 Å². The Labute approximate surface area is 73.3 Å². The molecule has 1 aromatic carbocycles. The standard InChI is InChI=1S/C6H5N3.C3H8.H2/c1-2-4-6-5(3-1)7-9-8-6;1-3-2;/h1-4H,(H,7,8,9);3H2,1-2H3;1H. The number of nitrogens with zero attached hydrogens (tertiary/aromatic N) is 2. The fraction of sp³-hybridized carbons (Fsp3) is 0.333. The van der Waals surface area contributed by atoms with Gasteiger partial charge < -0.3 is 0 Å². The van der Waals surface area contributed by atoms with Gasteiger partial charge in [-0.2, -0.15) is 15.4 Å². The van der Waals surface area contributed by atoms with Gasteiger partial charge in [-0.1, -0.05) is 32.4 Å². The van der Waals surface area contributed by atoms with Crippen LogP contribution in [0.1, 0.15) is 21.7 Å². The molecule has 3 nitrogen and oxygen atoms in total. The highest BCUT2D eigenvalue weighted by atomic mass is 15.3. The quantitative estimate of drug-likeness (QED) is 0.652. The van der Waals surface area contributed by atoms with Crippen molar-refractivity contribution in [2.45, 2.75) is 20.3 Å². The zero-order valence-electron chi connectivity index (χ0n) is 7.41. The Kier molecular flexibility index (Phi) is 3.26. The Hall–Kier alpha value is -1.38. The Morgan fingerprint density at radius 3 is 2.00 bits per heavy atom. The van der Waals surface area contributed by atoms with E-state index >= 15 is 0 Å². The van der Waals surface area contributed by atoms with E-state index in [1.165, 1.54) is 6.42 Å². The minimum atomic E-state index is 0. The molecule has 0 aliphatic carbocycles. The van der Waals surface area contributed by atoms with Gasteiger partial charge in [0.1, 0.15) is 11.0 Å². The molecular weight excluding hydrogens is 150 g/mol. The maximum atomic E-state index is 3.88. The number of hydrogen-bond acceptors (Lipinski definition) is 2. The largest absolute Gasteiger partial charge is 0.197 e. The summed E-state index contributed by atoms with van der Waals surface area (Å²) in [5, 5.41) is 10.3. The van der Waals surface area contributed by atoms with Gasteiger partial charge in [-0.25, -0.2) is 0 Å².